The van der Waals surface area contributed by atoms with Gasteiger partial charge in [0, 0.05) is 39.7 Å². The standard InChI is InChI=1S/C5H9N.2C5H10O.C4H6N2O.3C2H6/c1-5-3-2-4-6-5;1-5-2-3-6-4-5;1-5-3-2-4-6-5;1-3-5-6-4(2)7-3;3*1-2/h4-5H,2-3H2,1H3;2*5H,2-4H2,1H3;1-2H3;3*1-2H3. The molecule has 4 rings (SSSR count). The molecule has 4 heterocycles. The largest absolute Gasteiger partial charge is 0.426 e. The highest BCUT2D eigenvalue weighted by Gasteiger charge is 2.08. The smallest absolute Gasteiger partial charge is 0.213 e. The van der Waals surface area contributed by atoms with Gasteiger partial charge in [0.25, 0.3) is 0 Å². The van der Waals surface area contributed by atoms with Crippen LogP contribution in [0.2, 0.25) is 0 Å². The lowest BCUT2D eigenvalue weighted by Crippen LogP contribution is -1.94. The number of aliphatic imine (C=N–C) groups is 1. The normalized spacial score (nSPS) is 22.2. The molecular weight excluding hydrogens is 390 g/mol. The van der Waals surface area contributed by atoms with Gasteiger partial charge >= 0.3 is 0 Å². The van der Waals surface area contributed by atoms with E-state index in [-0.39, 0.29) is 0 Å². The van der Waals surface area contributed by atoms with Crippen molar-refractivity contribution in [2.24, 2.45) is 10.9 Å². The molecule has 3 atom stereocenters. The first-order chi connectivity index (χ1) is 15.0. The summed E-state index contributed by atoms with van der Waals surface area (Å²) in [7, 11) is 0. The van der Waals surface area contributed by atoms with Crippen molar-refractivity contribution in [2.75, 3.05) is 19.8 Å². The fourth-order valence-electron chi connectivity index (χ4n) is 2.43. The van der Waals surface area contributed by atoms with Crippen LogP contribution >= 0.6 is 0 Å². The topological polar surface area (TPSA) is 69.7 Å². The first kappa shape index (κ1) is 34.3. The van der Waals surface area contributed by atoms with E-state index in [4.69, 9.17) is 13.9 Å². The van der Waals surface area contributed by atoms with E-state index in [2.05, 4.69) is 36.0 Å². The maximum atomic E-state index is 5.15. The van der Waals surface area contributed by atoms with Crippen molar-refractivity contribution in [3.63, 3.8) is 0 Å². The zero-order valence-corrected chi connectivity index (χ0v) is 22.5. The van der Waals surface area contributed by atoms with Gasteiger partial charge in [-0.05, 0) is 58.1 Å². The highest BCUT2D eigenvalue weighted by molar-refractivity contribution is 5.59. The highest BCUT2D eigenvalue weighted by Crippen LogP contribution is 2.09. The van der Waals surface area contributed by atoms with Gasteiger partial charge in [-0.1, -0.05) is 48.5 Å². The molecule has 0 amide bonds. The molecule has 3 aliphatic rings. The number of hydrogen-bond donors (Lipinski definition) is 0. The molecule has 6 heteroatoms. The Kier molecular flexibility index (Phi) is 29.7. The SMILES string of the molecule is CC.CC.CC.CC1CCC=N1.CC1CCCO1.CC1CCOC1.Cc1nnc(C)o1. The van der Waals surface area contributed by atoms with E-state index in [1.54, 1.807) is 13.8 Å². The molecule has 6 nitrogen and oxygen atoms in total. The third-order valence-corrected chi connectivity index (χ3v) is 4.02. The average molecular weight is 444 g/mol. The Labute approximate surface area is 193 Å². The first-order valence-corrected chi connectivity index (χ1v) is 12.4. The fraction of sp³-hybridized carbons (Fsp3) is 0.880. The van der Waals surface area contributed by atoms with Crippen LogP contribution < -0.4 is 0 Å². The Hall–Kier alpha value is -1.27. The van der Waals surface area contributed by atoms with Gasteiger partial charge in [0.1, 0.15) is 0 Å². The van der Waals surface area contributed by atoms with Crippen LogP contribution in [0.4, 0.5) is 0 Å². The number of rotatable bonds is 0. The Morgan fingerprint density at radius 3 is 1.52 bits per heavy atom. The molecule has 3 aliphatic heterocycles. The zero-order valence-electron chi connectivity index (χ0n) is 22.5. The van der Waals surface area contributed by atoms with E-state index in [1.165, 1.54) is 32.1 Å². The lowest BCUT2D eigenvalue weighted by atomic mass is 10.2. The summed E-state index contributed by atoms with van der Waals surface area (Å²) in [4.78, 5) is 4.11. The number of aromatic nitrogens is 2. The van der Waals surface area contributed by atoms with Gasteiger partial charge in [-0.15, -0.1) is 10.2 Å². The van der Waals surface area contributed by atoms with Crippen molar-refractivity contribution in [1.29, 1.82) is 0 Å². The average Bonchev–Trinajstić information content (AvgIpc) is 3.61. The van der Waals surface area contributed by atoms with Gasteiger partial charge < -0.3 is 13.9 Å². The van der Waals surface area contributed by atoms with Crippen molar-refractivity contribution < 1.29 is 13.9 Å². The van der Waals surface area contributed by atoms with Gasteiger partial charge in [-0.3, -0.25) is 4.99 Å². The summed E-state index contributed by atoms with van der Waals surface area (Å²) in [5.74, 6) is 2.07. The summed E-state index contributed by atoms with van der Waals surface area (Å²) < 4.78 is 15.1. The molecule has 186 valence electrons. The Morgan fingerprint density at radius 1 is 0.806 bits per heavy atom. The molecule has 0 spiro atoms. The summed E-state index contributed by atoms with van der Waals surface area (Å²) in [5.41, 5.74) is 0. The molecule has 31 heavy (non-hydrogen) atoms. The van der Waals surface area contributed by atoms with Crippen LogP contribution in [0.15, 0.2) is 9.41 Å². The van der Waals surface area contributed by atoms with Crippen molar-refractivity contribution in [1.82, 2.24) is 10.2 Å². The van der Waals surface area contributed by atoms with E-state index < -0.39 is 0 Å². The lowest BCUT2D eigenvalue weighted by molar-refractivity contribution is 0.125. The lowest BCUT2D eigenvalue weighted by Gasteiger charge is -1.94. The van der Waals surface area contributed by atoms with Gasteiger partial charge in [0.15, 0.2) is 0 Å². The summed E-state index contributed by atoms with van der Waals surface area (Å²) >= 11 is 0. The molecule has 2 fully saturated rings. The predicted molar refractivity (Wildman–Crippen MR) is 134 cm³/mol. The highest BCUT2D eigenvalue weighted by atomic mass is 16.5. The van der Waals surface area contributed by atoms with Gasteiger partial charge in [0.05, 0.1) is 6.10 Å². The number of aryl methyl sites for hydroxylation is 2. The second-order valence-electron chi connectivity index (χ2n) is 6.89. The van der Waals surface area contributed by atoms with Gasteiger partial charge in [-0.2, -0.15) is 0 Å². The van der Waals surface area contributed by atoms with Gasteiger partial charge in [-0.25, -0.2) is 0 Å². The maximum Gasteiger partial charge on any atom is 0.213 e. The van der Waals surface area contributed by atoms with Crippen LogP contribution in [0.3, 0.4) is 0 Å². The molecule has 3 unspecified atom stereocenters. The van der Waals surface area contributed by atoms with Crippen molar-refractivity contribution >= 4 is 6.21 Å². The van der Waals surface area contributed by atoms with Crippen LogP contribution in [0.25, 0.3) is 0 Å². The van der Waals surface area contributed by atoms with Crippen LogP contribution in [0, 0.1) is 19.8 Å². The Bertz CT molecular complexity index is 436. The molecule has 0 aromatic carbocycles. The number of nitrogens with zero attached hydrogens (tertiary/aromatic N) is 3. The third kappa shape index (κ3) is 24.9. The third-order valence-electron chi connectivity index (χ3n) is 4.02. The van der Waals surface area contributed by atoms with Crippen LogP contribution in [0.1, 0.15) is 106 Å². The Morgan fingerprint density at radius 2 is 1.39 bits per heavy atom. The minimum absolute atomic E-state index is 0.546. The molecule has 0 radical (unpaired) electrons. The van der Waals surface area contributed by atoms with Crippen LogP contribution in [0.5, 0.6) is 0 Å². The molecule has 1 aromatic heterocycles. The molecule has 0 aliphatic carbocycles. The van der Waals surface area contributed by atoms with Crippen LogP contribution in [-0.2, 0) is 9.47 Å². The monoisotopic (exact) mass is 443 g/mol. The minimum atomic E-state index is 0.546. The van der Waals surface area contributed by atoms with Crippen molar-refractivity contribution in [3.05, 3.63) is 11.8 Å². The second-order valence-corrected chi connectivity index (χ2v) is 6.89. The number of hydrogen-bond acceptors (Lipinski definition) is 6. The minimum Gasteiger partial charge on any atom is -0.426 e. The molecule has 0 bridgehead atoms. The molecule has 2 saturated heterocycles. The summed E-state index contributed by atoms with van der Waals surface area (Å²) in [5, 5.41) is 7.20. The maximum absolute atomic E-state index is 5.15. The van der Waals surface area contributed by atoms with E-state index in [9.17, 15) is 0 Å². The predicted octanol–water partition coefficient (Wildman–Crippen LogP) is 7.23. The van der Waals surface area contributed by atoms with Crippen molar-refractivity contribution in [3.8, 4) is 0 Å². The summed E-state index contributed by atoms with van der Waals surface area (Å²) in [6.07, 6.45) is 8.80. The van der Waals surface area contributed by atoms with E-state index in [0.29, 0.717) is 23.9 Å². The Balaban J connectivity index is -0.000000312. The van der Waals surface area contributed by atoms with E-state index in [0.717, 1.165) is 25.7 Å². The summed E-state index contributed by atoms with van der Waals surface area (Å²) in [6, 6.07) is 0.616. The van der Waals surface area contributed by atoms with E-state index >= 15 is 0 Å². The van der Waals surface area contributed by atoms with Crippen molar-refractivity contribution in [2.45, 2.75) is 120 Å². The molecular formula is C25H53N3O3. The quantitative estimate of drug-likeness (QED) is 0.423. The molecule has 1 aromatic rings. The summed E-state index contributed by atoms with van der Waals surface area (Å²) in [6.45, 7) is 25.0. The molecule has 0 saturated carbocycles. The fourth-order valence-corrected chi connectivity index (χ4v) is 2.43. The van der Waals surface area contributed by atoms with Gasteiger partial charge in [0.2, 0.25) is 11.8 Å². The first-order valence-electron chi connectivity index (χ1n) is 12.4. The zero-order chi connectivity index (χ0) is 24.5. The van der Waals surface area contributed by atoms with Crippen LogP contribution in [-0.4, -0.2) is 48.4 Å². The second kappa shape index (κ2) is 26.8. The van der Waals surface area contributed by atoms with E-state index in [1.807, 2.05) is 47.8 Å². The molecule has 0 N–H and O–H groups in total. The number of ether oxygens (including phenoxy) is 2.